The minimum atomic E-state index is -0.314. The highest BCUT2D eigenvalue weighted by molar-refractivity contribution is 6.33. The molecule has 0 saturated heterocycles. The van der Waals surface area contributed by atoms with Crippen LogP contribution < -0.4 is 11.1 Å². The molecule has 0 atom stereocenters. The van der Waals surface area contributed by atoms with Crippen molar-refractivity contribution in [3.05, 3.63) is 34.5 Å². The monoisotopic (exact) mass is 173 g/mol. The minimum Gasteiger partial charge on any atom is -0.408 e. The van der Waals surface area contributed by atoms with Gasteiger partial charge in [0, 0.05) is 6.92 Å². The van der Waals surface area contributed by atoms with Crippen LogP contribution in [-0.2, 0) is 0 Å². The van der Waals surface area contributed by atoms with Gasteiger partial charge in [-0.3, -0.25) is 0 Å². The van der Waals surface area contributed by atoms with Crippen molar-refractivity contribution in [3.63, 3.8) is 0 Å². The Morgan fingerprint density at radius 3 is 3.00 bits per heavy atom. The third-order valence-electron chi connectivity index (χ3n) is 1.89. The Kier molecular flexibility index (Phi) is 1.69. The highest BCUT2D eigenvalue weighted by atomic mass is 16.4. The maximum atomic E-state index is 11.3. The summed E-state index contributed by atoms with van der Waals surface area (Å²) in [6.07, 6.45) is 0. The van der Waals surface area contributed by atoms with Gasteiger partial charge in [-0.15, -0.1) is 0 Å². The lowest BCUT2D eigenvalue weighted by molar-refractivity contribution is 0.467. The van der Waals surface area contributed by atoms with Crippen LogP contribution in [0.5, 0.6) is 0 Å². The highest BCUT2D eigenvalue weighted by Gasteiger charge is 2.02. The smallest absolute Gasteiger partial charge is 0.346 e. The average Bonchev–Trinajstić information content (AvgIpc) is 2.06. The Morgan fingerprint density at radius 2 is 2.23 bits per heavy atom. The molecule has 0 aliphatic carbocycles. The number of rotatable bonds is 0. The first-order chi connectivity index (χ1) is 6.16. The summed E-state index contributed by atoms with van der Waals surface area (Å²) in [5.74, 6) is 0.404. The van der Waals surface area contributed by atoms with Crippen molar-refractivity contribution in [1.82, 2.24) is 4.98 Å². The second-order valence-electron chi connectivity index (χ2n) is 3.04. The van der Waals surface area contributed by atoms with Crippen LogP contribution in [0.15, 0.2) is 27.4 Å². The number of aromatic nitrogens is 1. The van der Waals surface area contributed by atoms with E-state index in [-0.39, 0.29) is 5.63 Å². The molecule has 2 rings (SSSR count). The van der Waals surface area contributed by atoms with Crippen LogP contribution in [0.4, 0.5) is 0 Å². The summed E-state index contributed by atoms with van der Waals surface area (Å²) in [5, 5.41) is 0.547. The van der Waals surface area contributed by atoms with Gasteiger partial charge in [0.05, 0.1) is 10.9 Å². The molecule has 0 radical (unpaired) electrons. The predicted molar refractivity (Wildman–Crippen MR) is 53.2 cm³/mol. The maximum Gasteiger partial charge on any atom is 0.346 e. The molecule has 1 aromatic heterocycles. The van der Waals surface area contributed by atoms with Gasteiger partial charge in [-0.2, -0.15) is 0 Å². The van der Waals surface area contributed by atoms with E-state index in [0.29, 0.717) is 16.8 Å². The van der Waals surface area contributed by atoms with E-state index in [2.05, 4.69) is 4.98 Å². The summed E-state index contributed by atoms with van der Waals surface area (Å²) in [7, 11) is 1.93. The molecule has 0 spiro atoms. The SMILES string of the molecule is Bc1ccc2nc(C)oc(=O)c2c1. The Balaban J connectivity index is 2.95. The molecule has 13 heavy (non-hydrogen) atoms. The topological polar surface area (TPSA) is 43.1 Å². The molecule has 1 heterocycles. The zero-order valence-electron chi connectivity index (χ0n) is 7.50. The van der Waals surface area contributed by atoms with Crippen LogP contribution in [0.2, 0.25) is 0 Å². The van der Waals surface area contributed by atoms with Crippen molar-refractivity contribution in [2.24, 2.45) is 0 Å². The molecule has 64 valence electrons. The fraction of sp³-hybridized carbons (Fsp3) is 0.111. The van der Waals surface area contributed by atoms with Gasteiger partial charge < -0.3 is 4.42 Å². The molecule has 0 unspecified atom stereocenters. The van der Waals surface area contributed by atoms with Gasteiger partial charge in [-0.25, -0.2) is 9.78 Å². The Bertz CT molecular complexity index is 518. The van der Waals surface area contributed by atoms with Gasteiger partial charge in [0.25, 0.3) is 0 Å². The first-order valence-corrected chi connectivity index (χ1v) is 4.05. The standard InChI is InChI=1S/C9H8BNO2/c1-5-11-8-3-2-6(10)4-7(8)9(12)13-5/h2-4H,10H2,1H3. The van der Waals surface area contributed by atoms with Gasteiger partial charge >= 0.3 is 5.63 Å². The third-order valence-corrected chi connectivity index (χ3v) is 1.89. The van der Waals surface area contributed by atoms with Gasteiger partial charge in [0.1, 0.15) is 7.85 Å². The lowest BCUT2D eigenvalue weighted by atomic mass is 9.95. The quantitative estimate of drug-likeness (QED) is 0.516. The average molecular weight is 173 g/mol. The van der Waals surface area contributed by atoms with Crippen molar-refractivity contribution >= 4 is 24.2 Å². The molecule has 1 aromatic carbocycles. The Labute approximate surface area is 75.8 Å². The van der Waals surface area contributed by atoms with Crippen LogP contribution in [0, 0.1) is 6.92 Å². The lowest BCUT2D eigenvalue weighted by Gasteiger charge is -1.97. The molecule has 4 heteroatoms. The maximum absolute atomic E-state index is 11.3. The molecule has 0 amide bonds. The second kappa shape index (κ2) is 2.73. The Morgan fingerprint density at radius 1 is 1.46 bits per heavy atom. The van der Waals surface area contributed by atoms with Gasteiger partial charge in [-0.1, -0.05) is 17.6 Å². The molecular formula is C9H8BNO2. The van der Waals surface area contributed by atoms with Crippen molar-refractivity contribution in [3.8, 4) is 0 Å². The summed E-state index contributed by atoms with van der Waals surface area (Å²) in [4.78, 5) is 15.5. The molecule has 3 nitrogen and oxygen atoms in total. The highest BCUT2D eigenvalue weighted by Crippen LogP contribution is 2.04. The van der Waals surface area contributed by atoms with Crippen LogP contribution in [0.1, 0.15) is 5.89 Å². The van der Waals surface area contributed by atoms with Crippen LogP contribution in [0.25, 0.3) is 10.9 Å². The van der Waals surface area contributed by atoms with Crippen LogP contribution in [-0.4, -0.2) is 12.8 Å². The van der Waals surface area contributed by atoms with Crippen LogP contribution >= 0.6 is 0 Å². The number of hydrogen-bond donors (Lipinski definition) is 0. The summed E-state index contributed by atoms with van der Waals surface area (Å²) in [6, 6.07) is 5.54. The summed E-state index contributed by atoms with van der Waals surface area (Å²) in [5.41, 5.74) is 1.41. The van der Waals surface area contributed by atoms with Crippen molar-refractivity contribution in [2.45, 2.75) is 6.92 Å². The van der Waals surface area contributed by atoms with Crippen LogP contribution in [0.3, 0.4) is 0 Å². The zero-order chi connectivity index (χ0) is 9.42. The molecular weight excluding hydrogens is 165 g/mol. The zero-order valence-corrected chi connectivity index (χ0v) is 7.50. The fourth-order valence-corrected chi connectivity index (χ4v) is 1.29. The second-order valence-corrected chi connectivity index (χ2v) is 3.04. The molecule has 0 saturated carbocycles. The number of benzene rings is 1. The van der Waals surface area contributed by atoms with E-state index in [1.807, 2.05) is 20.0 Å². The lowest BCUT2D eigenvalue weighted by Crippen LogP contribution is -2.08. The first kappa shape index (κ1) is 8.04. The summed E-state index contributed by atoms with van der Waals surface area (Å²) >= 11 is 0. The summed E-state index contributed by atoms with van der Waals surface area (Å²) < 4.78 is 4.88. The van der Waals surface area contributed by atoms with Crippen molar-refractivity contribution in [2.75, 3.05) is 0 Å². The van der Waals surface area contributed by atoms with E-state index >= 15 is 0 Å². The largest absolute Gasteiger partial charge is 0.408 e. The van der Waals surface area contributed by atoms with E-state index in [0.717, 1.165) is 5.46 Å². The Hall–Kier alpha value is -1.58. The summed E-state index contributed by atoms with van der Waals surface area (Å²) in [6.45, 7) is 1.67. The van der Waals surface area contributed by atoms with E-state index < -0.39 is 0 Å². The number of aryl methyl sites for hydroxylation is 1. The van der Waals surface area contributed by atoms with Gasteiger partial charge in [0.2, 0.25) is 0 Å². The van der Waals surface area contributed by atoms with E-state index in [1.54, 1.807) is 13.0 Å². The van der Waals surface area contributed by atoms with E-state index in [9.17, 15) is 4.79 Å². The van der Waals surface area contributed by atoms with Crippen molar-refractivity contribution in [1.29, 1.82) is 0 Å². The van der Waals surface area contributed by atoms with Gasteiger partial charge in [-0.05, 0) is 6.07 Å². The van der Waals surface area contributed by atoms with Crippen molar-refractivity contribution < 1.29 is 4.42 Å². The first-order valence-electron chi connectivity index (χ1n) is 4.05. The van der Waals surface area contributed by atoms with E-state index in [4.69, 9.17) is 4.42 Å². The molecule has 0 fully saturated rings. The molecule has 0 aliphatic heterocycles. The molecule has 2 aromatic rings. The fourth-order valence-electron chi connectivity index (χ4n) is 1.29. The number of nitrogens with zero attached hydrogens (tertiary/aromatic N) is 1. The normalized spacial score (nSPS) is 10.5. The number of fused-ring (bicyclic) bond motifs is 1. The minimum absolute atomic E-state index is 0.314. The van der Waals surface area contributed by atoms with E-state index in [1.165, 1.54) is 0 Å². The predicted octanol–water partition coefficient (Wildman–Crippen LogP) is -0.245. The molecule has 0 bridgehead atoms. The molecule has 0 aliphatic rings. The third kappa shape index (κ3) is 1.35. The number of hydrogen-bond acceptors (Lipinski definition) is 3. The molecule has 0 N–H and O–H groups in total. The van der Waals surface area contributed by atoms with Gasteiger partial charge in [0.15, 0.2) is 5.89 Å².